The number of aromatic nitrogens is 2. The largest absolute Gasteiger partial charge is 0.348 e. The molecule has 1 unspecified atom stereocenters. The van der Waals surface area contributed by atoms with Crippen LogP contribution in [0.3, 0.4) is 0 Å². The molecule has 5 nitrogen and oxygen atoms in total. The number of rotatable bonds is 6. The van der Waals surface area contributed by atoms with Crippen molar-refractivity contribution in [3.05, 3.63) is 45.4 Å². The van der Waals surface area contributed by atoms with E-state index in [9.17, 15) is 4.79 Å². The van der Waals surface area contributed by atoms with Crippen LogP contribution in [-0.2, 0) is 17.8 Å². The van der Waals surface area contributed by atoms with Crippen molar-refractivity contribution in [1.29, 1.82) is 0 Å². The first kappa shape index (κ1) is 16.6. The maximum Gasteiger partial charge on any atom is 0.242 e. The third-order valence-electron chi connectivity index (χ3n) is 3.35. The van der Waals surface area contributed by atoms with Crippen LogP contribution in [0.5, 0.6) is 0 Å². The zero-order chi connectivity index (χ0) is 16.1. The van der Waals surface area contributed by atoms with Crippen LogP contribution >= 0.6 is 11.3 Å². The zero-order valence-corrected chi connectivity index (χ0v) is 14.3. The Kier molecular flexibility index (Phi) is 5.63. The van der Waals surface area contributed by atoms with Crippen LogP contribution < -0.4 is 5.32 Å². The summed E-state index contributed by atoms with van der Waals surface area (Å²) in [6.45, 7) is 4.50. The summed E-state index contributed by atoms with van der Waals surface area (Å²) in [5.74, 6) is -0.0242. The van der Waals surface area contributed by atoms with Gasteiger partial charge in [0, 0.05) is 0 Å². The maximum absolute atomic E-state index is 12.5. The van der Waals surface area contributed by atoms with Gasteiger partial charge in [0.05, 0.1) is 6.54 Å². The highest BCUT2D eigenvalue weighted by Crippen LogP contribution is 2.20. The fourth-order valence-electron chi connectivity index (χ4n) is 2.29. The van der Waals surface area contributed by atoms with Gasteiger partial charge in [0.2, 0.25) is 5.91 Å². The average Bonchev–Trinajstić information content (AvgIpc) is 2.93. The van der Waals surface area contributed by atoms with E-state index < -0.39 is 0 Å². The van der Waals surface area contributed by atoms with Crippen LogP contribution in [0.4, 0.5) is 0 Å². The van der Waals surface area contributed by atoms with Gasteiger partial charge in [-0.05, 0) is 33.0 Å². The Bertz CT molecular complexity index is 639. The molecular weight excluding hydrogens is 296 g/mol. The number of amides is 1. The Labute approximate surface area is 135 Å². The van der Waals surface area contributed by atoms with E-state index in [1.165, 1.54) is 0 Å². The van der Waals surface area contributed by atoms with Crippen LogP contribution in [0.25, 0.3) is 0 Å². The van der Waals surface area contributed by atoms with Gasteiger partial charge in [-0.2, -0.15) is 0 Å². The van der Waals surface area contributed by atoms with Crippen molar-refractivity contribution in [1.82, 2.24) is 20.4 Å². The smallest absolute Gasteiger partial charge is 0.242 e. The lowest BCUT2D eigenvalue weighted by molar-refractivity contribution is -0.125. The number of hydrogen-bond acceptors (Lipinski definition) is 5. The van der Waals surface area contributed by atoms with Crippen molar-refractivity contribution >= 4 is 17.2 Å². The lowest BCUT2D eigenvalue weighted by Crippen LogP contribution is -2.36. The molecule has 0 saturated carbocycles. The SMILES string of the molecule is CCc1nnc(CNC(=O)C(c2cccc(C)c2)N(C)C)s1. The first-order chi connectivity index (χ1) is 10.5. The van der Waals surface area contributed by atoms with Crippen LogP contribution in [0.1, 0.15) is 34.1 Å². The van der Waals surface area contributed by atoms with Crippen molar-refractivity contribution < 1.29 is 4.79 Å². The van der Waals surface area contributed by atoms with Crippen molar-refractivity contribution in [2.24, 2.45) is 0 Å². The number of carbonyl (C=O) groups is 1. The third-order valence-corrected chi connectivity index (χ3v) is 4.42. The molecule has 22 heavy (non-hydrogen) atoms. The maximum atomic E-state index is 12.5. The predicted octanol–water partition coefficient (Wildman–Crippen LogP) is 2.33. The lowest BCUT2D eigenvalue weighted by Gasteiger charge is -2.24. The van der Waals surface area contributed by atoms with Crippen molar-refractivity contribution in [3.8, 4) is 0 Å². The number of likely N-dealkylation sites (N-methyl/N-ethyl adjacent to an activating group) is 1. The minimum atomic E-state index is -0.307. The average molecular weight is 318 g/mol. The molecule has 0 bridgehead atoms. The monoisotopic (exact) mass is 318 g/mol. The molecule has 6 heteroatoms. The van der Waals surface area contributed by atoms with Gasteiger partial charge < -0.3 is 5.32 Å². The molecule has 0 fully saturated rings. The summed E-state index contributed by atoms with van der Waals surface area (Å²) in [6.07, 6.45) is 0.870. The van der Waals surface area contributed by atoms with E-state index in [-0.39, 0.29) is 11.9 Å². The van der Waals surface area contributed by atoms with Crippen molar-refractivity contribution in [3.63, 3.8) is 0 Å². The first-order valence-electron chi connectivity index (χ1n) is 7.33. The highest BCUT2D eigenvalue weighted by atomic mass is 32.1. The van der Waals surface area contributed by atoms with E-state index in [0.717, 1.165) is 27.6 Å². The standard InChI is InChI=1S/C16H22N4OS/c1-5-13-18-19-14(22-13)10-17-16(21)15(20(3)4)12-8-6-7-11(2)9-12/h6-9,15H,5,10H2,1-4H3,(H,17,21). The van der Waals surface area contributed by atoms with Crippen molar-refractivity contribution in [2.75, 3.05) is 14.1 Å². The Morgan fingerprint density at radius 3 is 2.64 bits per heavy atom. The molecule has 118 valence electrons. The topological polar surface area (TPSA) is 58.1 Å². The summed E-state index contributed by atoms with van der Waals surface area (Å²) in [6, 6.07) is 7.73. The molecule has 0 saturated heterocycles. The van der Waals surface area contributed by atoms with Gasteiger partial charge in [0.1, 0.15) is 16.1 Å². The molecule has 0 radical (unpaired) electrons. The van der Waals surface area contributed by atoms with Gasteiger partial charge in [0.25, 0.3) is 0 Å². The summed E-state index contributed by atoms with van der Waals surface area (Å²) in [4.78, 5) is 14.5. The minimum Gasteiger partial charge on any atom is -0.348 e. The molecule has 1 aromatic carbocycles. The number of carbonyl (C=O) groups excluding carboxylic acids is 1. The molecule has 0 aliphatic carbocycles. The van der Waals surface area contributed by atoms with Gasteiger partial charge in [-0.1, -0.05) is 48.1 Å². The van der Waals surface area contributed by atoms with Gasteiger partial charge in [-0.25, -0.2) is 0 Å². The van der Waals surface area contributed by atoms with Crippen LogP contribution in [-0.4, -0.2) is 35.1 Å². The molecule has 0 spiro atoms. The fraction of sp³-hybridized carbons (Fsp3) is 0.438. The molecule has 1 N–H and O–H groups in total. The fourth-order valence-corrected chi connectivity index (χ4v) is 3.01. The summed E-state index contributed by atoms with van der Waals surface area (Å²) < 4.78 is 0. The quantitative estimate of drug-likeness (QED) is 0.888. The molecule has 1 heterocycles. The molecule has 1 atom stereocenters. The van der Waals surface area contributed by atoms with Crippen LogP contribution in [0.15, 0.2) is 24.3 Å². The number of benzene rings is 1. The number of nitrogens with zero attached hydrogens (tertiary/aromatic N) is 3. The van der Waals surface area contributed by atoms with E-state index in [0.29, 0.717) is 6.54 Å². The molecule has 0 aliphatic rings. The van der Waals surface area contributed by atoms with Crippen LogP contribution in [0, 0.1) is 6.92 Å². The highest BCUT2D eigenvalue weighted by Gasteiger charge is 2.23. The van der Waals surface area contributed by atoms with E-state index in [1.54, 1.807) is 11.3 Å². The van der Waals surface area contributed by atoms with E-state index in [2.05, 4.69) is 15.5 Å². The van der Waals surface area contributed by atoms with Crippen LogP contribution in [0.2, 0.25) is 0 Å². The van der Waals surface area contributed by atoms with Gasteiger partial charge in [-0.15, -0.1) is 10.2 Å². The number of aryl methyl sites for hydroxylation is 2. The van der Waals surface area contributed by atoms with Gasteiger partial charge >= 0.3 is 0 Å². The number of hydrogen-bond donors (Lipinski definition) is 1. The molecular formula is C16H22N4OS. The zero-order valence-electron chi connectivity index (χ0n) is 13.5. The van der Waals surface area contributed by atoms with E-state index in [1.807, 2.05) is 57.1 Å². The number of nitrogens with one attached hydrogen (secondary N) is 1. The second-order valence-corrected chi connectivity index (χ2v) is 6.59. The first-order valence-corrected chi connectivity index (χ1v) is 8.15. The summed E-state index contributed by atoms with van der Waals surface area (Å²) in [5, 5.41) is 13.0. The second-order valence-electron chi connectivity index (χ2n) is 5.44. The lowest BCUT2D eigenvalue weighted by atomic mass is 10.0. The Balaban J connectivity index is 2.07. The Morgan fingerprint density at radius 1 is 1.32 bits per heavy atom. The Hall–Kier alpha value is -1.79. The second kappa shape index (κ2) is 7.47. The highest BCUT2D eigenvalue weighted by molar-refractivity contribution is 7.11. The van der Waals surface area contributed by atoms with Crippen molar-refractivity contribution in [2.45, 2.75) is 32.9 Å². The normalized spacial score (nSPS) is 12.4. The summed E-state index contributed by atoms with van der Waals surface area (Å²) in [7, 11) is 3.82. The molecule has 0 aliphatic heterocycles. The minimum absolute atomic E-state index is 0.0242. The third kappa shape index (κ3) is 4.11. The molecule has 1 amide bonds. The van der Waals surface area contributed by atoms with E-state index in [4.69, 9.17) is 0 Å². The van der Waals surface area contributed by atoms with Gasteiger partial charge in [0.15, 0.2) is 0 Å². The van der Waals surface area contributed by atoms with Gasteiger partial charge in [-0.3, -0.25) is 9.69 Å². The molecule has 2 rings (SSSR count). The predicted molar refractivity (Wildman–Crippen MR) is 88.7 cm³/mol. The summed E-state index contributed by atoms with van der Waals surface area (Å²) >= 11 is 1.54. The summed E-state index contributed by atoms with van der Waals surface area (Å²) in [5.41, 5.74) is 2.14. The Morgan fingerprint density at radius 2 is 2.05 bits per heavy atom. The molecule has 2 aromatic rings. The molecule has 1 aromatic heterocycles. The van der Waals surface area contributed by atoms with E-state index >= 15 is 0 Å².